The van der Waals surface area contributed by atoms with Crippen LogP contribution in [0.15, 0.2) is 4.79 Å². The molecule has 0 aliphatic heterocycles. The zero-order chi connectivity index (χ0) is 7.56. The fourth-order valence-corrected chi connectivity index (χ4v) is 1.60. The Bertz CT molecular complexity index is 256. The molecule has 1 aromatic heterocycles. The lowest BCUT2D eigenvalue weighted by Crippen LogP contribution is -1.90. The molecule has 0 bridgehead atoms. The minimum absolute atomic E-state index is 0.0899. The third kappa shape index (κ3) is 1.67. The lowest BCUT2D eigenvalue weighted by Gasteiger charge is -1.96. The molecule has 0 spiro atoms. The third-order valence-electron chi connectivity index (χ3n) is 1.08. The molecule has 0 saturated carbocycles. The lowest BCUT2D eigenvalue weighted by atomic mass is 10.4. The Labute approximate surface area is 70.6 Å². The van der Waals surface area contributed by atoms with Crippen LogP contribution in [0, 0.1) is 0 Å². The number of rotatable bonds is 2. The molecule has 10 heavy (non-hydrogen) atoms. The van der Waals surface area contributed by atoms with E-state index in [0.29, 0.717) is 0 Å². The number of hydrogen-bond donors (Lipinski definition) is 1. The van der Waals surface area contributed by atoms with Crippen LogP contribution in [0.3, 0.4) is 0 Å². The van der Waals surface area contributed by atoms with Crippen LogP contribution in [0.2, 0.25) is 0 Å². The second kappa shape index (κ2) is 3.30. The number of nitrogens with zero attached hydrogens (tertiary/aromatic N) is 1. The van der Waals surface area contributed by atoms with Crippen molar-refractivity contribution >= 4 is 27.3 Å². The van der Waals surface area contributed by atoms with Gasteiger partial charge < -0.3 is 0 Å². The van der Waals surface area contributed by atoms with Gasteiger partial charge in [0.2, 0.25) is 0 Å². The van der Waals surface area contributed by atoms with Gasteiger partial charge in [0.25, 0.3) is 0 Å². The average Bonchev–Trinajstić information content (AvgIpc) is 2.34. The highest BCUT2D eigenvalue weighted by atomic mass is 79.9. The van der Waals surface area contributed by atoms with Crippen molar-refractivity contribution < 1.29 is 0 Å². The number of alkyl halides is 1. The van der Waals surface area contributed by atoms with Crippen molar-refractivity contribution in [3.05, 3.63) is 14.7 Å². The van der Waals surface area contributed by atoms with Gasteiger partial charge >= 0.3 is 4.87 Å². The maximum Gasteiger partial charge on any atom is 0.322 e. The van der Waals surface area contributed by atoms with E-state index in [9.17, 15) is 4.79 Å². The Hall–Kier alpha value is -0.160. The molecule has 0 saturated heterocycles. The van der Waals surface area contributed by atoms with Crippen LogP contribution in [0.4, 0.5) is 0 Å². The minimum Gasteiger partial charge on any atom is -0.255 e. The molecular weight excluding hydrogens is 216 g/mol. The number of H-pyrrole nitrogens is 1. The van der Waals surface area contributed by atoms with E-state index in [0.717, 1.165) is 22.8 Å². The summed E-state index contributed by atoms with van der Waals surface area (Å²) in [7, 11) is 0. The quantitative estimate of drug-likeness (QED) is 0.775. The molecule has 0 amide bonds. The number of aromatic amines is 1. The van der Waals surface area contributed by atoms with Gasteiger partial charge in [-0.15, -0.1) is 0 Å². The normalized spacial score (nSPS) is 13.4. The second-order valence-corrected chi connectivity index (χ2v) is 3.93. The molecule has 0 fully saturated rings. The van der Waals surface area contributed by atoms with E-state index in [1.54, 1.807) is 0 Å². The van der Waals surface area contributed by atoms with Gasteiger partial charge in [-0.1, -0.05) is 34.2 Å². The van der Waals surface area contributed by atoms with Crippen LogP contribution in [-0.2, 0) is 0 Å². The standard InChI is InChI=1S/C5H7BrN2OS/c1-2-3(6)4-7-8-5(9)10-4/h3H,2H2,1H3,(H,8,9). The van der Waals surface area contributed by atoms with Crippen molar-refractivity contribution in [3.63, 3.8) is 0 Å². The zero-order valence-electron chi connectivity index (χ0n) is 5.43. The zero-order valence-corrected chi connectivity index (χ0v) is 7.83. The highest BCUT2D eigenvalue weighted by molar-refractivity contribution is 9.09. The summed E-state index contributed by atoms with van der Waals surface area (Å²) in [6, 6.07) is 0. The summed E-state index contributed by atoms with van der Waals surface area (Å²) in [5.74, 6) is 0. The van der Waals surface area contributed by atoms with Crippen molar-refractivity contribution in [1.82, 2.24) is 10.2 Å². The van der Waals surface area contributed by atoms with E-state index in [1.807, 2.05) is 6.92 Å². The fraction of sp³-hybridized carbons (Fsp3) is 0.600. The van der Waals surface area contributed by atoms with Crippen LogP contribution in [0.1, 0.15) is 23.2 Å². The Morgan fingerprint density at radius 2 is 2.60 bits per heavy atom. The molecule has 1 heterocycles. The molecule has 1 rings (SSSR count). The van der Waals surface area contributed by atoms with Gasteiger partial charge in [0.1, 0.15) is 5.01 Å². The largest absolute Gasteiger partial charge is 0.322 e. The summed E-state index contributed by atoms with van der Waals surface area (Å²) in [5, 5.41) is 7.01. The molecule has 1 unspecified atom stereocenters. The van der Waals surface area contributed by atoms with Gasteiger partial charge in [0, 0.05) is 0 Å². The smallest absolute Gasteiger partial charge is 0.255 e. The van der Waals surface area contributed by atoms with Crippen molar-refractivity contribution in [2.24, 2.45) is 0 Å². The van der Waals surface area contributed by atoms with Crippen molar-refractivity contribution in [1.29, 1.82) is 0 Å². The van der Waals surface area contributed by atoms with E-state index in [1.165, 1.54) is 0 Å². The molecule has 0 radical (unpaired) electrons. The monoisotopic (exact) mass is 222 g/mol. The molecule has 5 heteroatoms. The van der Waals surface area contributed by atoms with Gasteiger partial charge in [-0.3, -0.25) is 4.79 Å². The summed E-state index contributed by atoms with van der Waals surface area (Å²) in [5.41, 5.74) is 0. The summed E-state index contributed by atoms with van der Waals surface area (Å²) in [6.07, 6.45) is 0.945. The van der Waals surface area contributed by atoms with Crippen LogP contribution in [0.25, 0.3) is 0 Å². The van der Waals surface area contributed by atoms with Gasteiger partial charge in [-0.25, -0.2) is 5.10 Å². The minimum atomic E-state index is -0.0899. The average molecular weight is 223 g/mol. The van der Waals surface area contributed by atoms with E-state index in [2.05, 4.69) is 26.1 Å². The Kier molecular flexibility index (Phi) is 2.62. The third-order valence-corrected chi connectivity index (χ3v) is 3.33. The molecule has 0 aromatic carbocycles. The van der Waals surface area contributed by atoms with E-state index in [-0.39, 0.29) is 9.70 Å². The predicted octanol–water partition coefficient (Wildman–Crippen LogP) is 1.68. The van der Waals surface area contributed by atoms with Gasteiger partial charge in [0.15, 0.2) is 0 Å². The molecule has 1 aromatic rings. The fourth-order valence-electron chi connectivity index (χ4n) is 0.550. The van der Waals surface area contributed by atoms with Gasteiger partial charge in [-0.05, 0) is 6.42 Å². The molecule has 1 N–H and O–H groups in total. The molecule has 0 aliphatic carbocycles. The number of aromatic nitrogens is 2. The molecular formula is C5H7BrN2OS. The summed E-state index contributed by atoms with van der Waals surface area (Å²) in [4.78, 5) is 10.7. The Morgan fingerprint density at radius 1 is 1.90 bits per heavy atom. The van der Waals surface area contributed by atoms with Crippen LogP contribution < -0.4 is 4.87 Å². The van der Waals surface area contributed by atoms with Crippen LogP contribution in [0.5, 0.6) is 0 Å². The van der Waals surface area contributed by atoms with E-state index >= 15 is 0 Å². The van der Waals surface area contributed by atoms with E-state index in [4.69, 9.17) is 0 Å². The molecule has 3 nitrogen and oxygen atoms in total. The van der Waals surface area contributed by atoms with Crippen LogP contribution >= 0.6 is 27.3 Å². The number of hydrogen-bond acceptors (Lipinski definition) is 3. The topological polar surface area (TPSA) is 45.8 Å². The van der Waals surface area contributed by atoms with E-state index < -0.39 is 0 Å². The first-order valence-corrected chi connectivity index (χ1v) is 4.66. The summed E-state index contributed by atoms with van der Waals surface area (Å²) < 4.78 is 0. The molecule has 1 atom stereocenters. The first-order chi connectivity index (χ1) is 4.74. The number of halogens is 1. The highest BCUT2D eigenvalue weighted by Gasteiger charge is 2.08. The van der Waals surface area contributed by atoms with Crippen molar-refractivity contribution in [2.75, 3.05) is 0 Å². The number of nitrogens with one attached hydrogen (secondary N) is 1. The Balaban J connectivity index is 2.84. The maximum atomic E-state index is 10.6. The van der Waals surface area contributed by atoms with Crippen LogP contribution in [-0.4, -0.2) is 10.2 Å². The molecule has 56 valence electrons. The maximum absolute atomic E-state index is 10.6. The van der Waals surface area contributed by atoms with Crippen molar-refractivity contribution in [2.45, 2.75) is 18.2 Å². The first kappa shape index (κ1) is 7.94. The summed E-state index contributed by atoms with van der Waals surface area (Å²) in [6.45, 7) is 2.03. The highest BCUT2D eigenvalue weighted by Crippen LogP contribution is 2.24. The van der Waals surface area contributed by atoms with Gasteiger partial charge in [0.05, 0.1) is 4.83 Å². The molecule has 0 aliphatic rings. The van der Waals surface area contributed by atoms with Gasteiger partial charge in [-0.2, -0.15) is 5.10 Å². The lowest BCUT2D eigenvalue weighted by molar-refractivity contribution is 0.866. The predicted molar refractivity (Wildman–Crippen MR) is 44.7 cm³/mol. The first-order valence-electron chi connectivity index (χ1n) is 2.93. The van der Waals surface area contributed by atoms with Crippen molar-refractivity contribution in [3.8, 4) is 0 Å². The summed E-state index contributed by atoms with van der Waals surface area (Å²) >= 11 is 4.54. The SMILES string of the molecule is CCC(Br)c1n[nH]c(=O)s1. The second-order valence-electron chi connectivity index (χ2n) is 1.83. The Morgan fingerprint density at radius 3 is 3.00 bits per heavy atom.